The molecule has 2 unspecified atom stereocenters. The van der Waals surface area contributed by atoms with Crippen LogP contribution in [0.5, 0.6) is 5.75 Å². The lowest BCUT2D eigenvalue weighted by atomic mass is 10.1. The second kappa shape index (κ2) is 10.1. The maximum Gasteiger partial charge on any atom is 0.323 e. The summed E-state index contributed by atoms with van der Waals surface area (Å²) in [4.78, 5) is 12.1. The number of methoxy groups -OCH3 is 1. The highest BCUT2D eigenvalue weighted by molar-refractivity contribution is 7.89. The van der Waals surface area contributed by atoms with E-state index < -0.39 is 43.9 Å². The zero-order valence-electron chi connectivity index (χ0n) is 18.0. The van der Waals surface area contributed by atoms with Crippen LogP contribution in [0.2, 0.25) is 0 Å². The number of carboxylic acid groups (broad SMARTS) is 1. The fraction of sp³-hybridized carbons (Fsp3) is 0.381. The van der Waals surface area contributed by atoms with Crippen molar-refractivity contribution in [2.75, 3.05) is 19.4 Å². The summed E-state index contributed by atoms with van der Waals surface area (Å²) in [5.41, 5.74) is 6.51. The van der Waals surface area contributed by atoms with Gasteiger partial charge in [0, 0.05) is 18.3 Å². The molecular weight excluding hydrogens is 470 g/mol. The highest BCUT2D eigenvalue weighted by Crippen LogP contribution is 2.27. The average molecular weight is 498 g/mol. The lowest BCUT2D eigenvalue weighted by molar-refractivity contribution is -0.142. The Morgan fingerprint density at radius 1 is 1.12 bits per heavy atom. The largest absolute Gasteiger partial charge is 0.497 e. The number of ether oxygens (including phenoxy) is 1. The maximum atomic E-state index is 13.3. The molecule has 4 N–H and O–H groups in total. The van der Waals surface area contributed by atoms with Gasteiger partial charge in [0.2, 0.25) is 20.0 Å². The topological polar surface area (TPSA) is 156 Å². The Kier molecular flexibility index (Phi) is 7.62. The number of carboxylic acids is 1. The minimum absolute atomic E-state index is 0.0464. The lowest BCUT2D eigenvalue weighted by Gasteiger charge is -2.31. The van der Waals surface area contributed by atoms with Gasteiger partial charge in [-0.25, -0.2) is 21.6 Å². The van der Waals surface area contributed by atoms with Crippen LogP contribution in [-0.4, -0.2) is 58.0 Å². The monoisotopic (exact) mass is 497 g/mol. The van der Waals surface area contributed by atoms with Crippen molar-refractivity contribution in [1.29, 1.82) is 0 Å². The SMILES string of the molecule is COc1ccc(S(=O)(=O)N2CCCCC(NS(=O)(=O)Cc3ccccc3N)C2C(=O)O)cc1. The Balaban J connectivity index is 1.92. The Morgan fingerprint density at radius 2 is 1.79 bits per heavy atom. The third-order valence-corrected chi connectivity index (χ3v) is 8.73. The molecule has 1 aliphatic heterocycles. The van der Waals surface area contributed by atoms with Crippen molar-refractivity contribution < 1.29 is 31.5 Å². The van der Waals surface area contributed by atoms with Crippen LogP contribution in [0.3, 0.4) is 0 Å². The molecule has 0 bridgehead atoms. The highest BCUT2D eigenvalue weighted by Gasteiger charge is 2.43. The van der Waals surface area contributed by atoms with E-state index in [-0.39, 0.29) is 17.9 Å². The Bertz CT molecular complexity index is 1200. The van der Waals surface area contributed by atoms with Gasteiger partial charge < -0.3 is 15.6 Å². The van der Waals surface area contributed by atoms with Gasteiger partial charge in [-0.05, 0) is 48.7 Å². The normalized spacial score (nSPS) is 20.2. The van der Waals surface area contributed by atoms with Crippen LogP contribution >= 0.6 is 0 Å². The molecule has 1 heterocycles. The van der Waals surface area contributed by atoms with Crippen LogP contribution in [0.25, 0.3) is 0 Å². The van der Waals surface area contributed by atoms with E-state index in [2.05, 4.69) is 4.72 Å². The highest BCUT2D eigenvalue weighted by atomic mass is 32.2. The smallest absolute Gasteiger partial charge is 0.323 e. The van der Waals surface area contributed by atoms with E-state index in [1.54, 1.807) is 24.3 Å². The fourth-order valence-electron chi connectivity index (χ4n) is 3.84. The molecule has 0 saturated carbocycles. The number of benzene rings is 2. The molecule has 0 amide bonds. The van der Waals surface area contributed by atoms with Gasteiger partial charge >= 0.3 is 5.97 Å². The first-order valence-corrected chi connectivity index (χ1v) is 13.4. The first-order valence-electron chi connectivity index (χ1n) is 10.3. The van der Waals surface area contributed by atoms with Gasteiger partial charge in [0.15, 0.2) is 0 Å². The molecule has 0 radical (unpaired) electrons. The molecule has 180 valence electrons. The molecule has 10 nitrogen and oxygen atoms in total. The number of hydrogen-bond acceptors (Lipinski definition) is 7. The summed E-state index contributed by atoms with van der Waals surface area (Å²) in [6.45, 7) is -0.0464. The van der Waals surface area contributed by atoms with Crippen molar-refractivity contribution in [1.82, 2.24) is 9.03 Å². The van der Waals surface area contributed by atoms with Gasteiger partial charge in [-0.3, -0.25) is 4.79 Å². The summed E-state index contributed by atoms with van der Waals surface area (Å²) < 4.78 is 60.7. The van der Waals surface area contributed by atoms with Gasteiger partial charge in [-0.1, -0.05) is 24.6 Å². The summed E-state index contributed by atoms with van der Waals surface area (Å²) in [5.74, 6) is -1.43. The van der Waals surface area contributed by atoms with Crippen molar-refractivity contribution in [2.24, 2.45) is 0 Å². The van der Waals surface area contributed by atoms with E-state index in [0.29, 0.717) is 29.8 Å². The summed E-state index contributed by atoms with van der Waals surface area (Å²) in [5, 5.41) is 9.95. The molecule has 0 spiro atoms. The number of aliphatic carboxylic acids is 1. The van der Waals surface area contributed by atoms with Crippen LogP contribution in [0.4, 0.5) is 5.69 Å². The Labute approximate surface area is 193 Å². The summed E-state index contributed by atoms with van der Waals surface area (Å²) in [7, 11) is -6.79. The van der Waals surface area contributed by atoms with Crippen molar-refractivity contribution >= 4 is 31.7 Å². The van der Waals surface area contributed by atoms with Crippen molar-refractivity contribution in [3.8, 4) is 5.75 Å². The number of nitrogens with one attached hydrogen (secondary N) is 1. The fourth-order valence-corrected chi connectivity index (χ4v) is 6.96. The van der Waals surface area contributed by atoms with Crippen molar-refractivity contribution in [3.63, 3.8) is 0 Å². The number of para-hydroxylation sites is 1. The van der Waals surface area contributed by atoms with Crippen LogP contribution < -0.4 is 15.2 Å². The maximum absolute atomic E-state index is 13.3. The summed E-state index contributed by atoms with van der Waals surface area (Å²) in [6.07, 6.45) is 1.03. The third-order valence-electron chi connectivity index (χ3n) is 5.49. The van der Waals surface area contributed by atoms with E-state index in [4.69, 9.17) is 10.5 Å². The van der Waals surface area contributed by atoms with Crippen LogP contribution in [0.15, 0.2) is 53.4 Å². The summed E-state index contributed by atoms with van der Waals surface area (Å²) in [6, 6.07) is 9.29. The first-order chi connectivity index (χ1) is 15.5. The minimum Gasteiger partial charge on any atom is -0.497 e. The molecule has 1 saturated heterocycles. The number of anilines is 1. The van der Waals surface area contributed by atoms with E-state index in [1.165, 1.54) is 31.4 Å². The average Bonchev–Trinajstić information content (AvgIpc) is 2.97. The number of rotatable bonds is 8. The lowest BCUT2D eigenvalue weighted by Crippen LogP contribution is -2.56. The number of nitrogens with two attached hydrogens (primary N) is 1. The third kappa shape index (κ3) is 5.82. The van der Waals surface area contributed by atoms with Gasteiger partial charge in [0.1, 0.15) is 11.8 Å². The van der Waals surface area contributed by atoms with Gasteiger partial charge in [-0.2, -0.15) is 4.31 Å². The predicted octanol–water partition coefficient (Wildman–Crippen LogP) is 1.39. The Hall–Kier alpha value is -2.67. The number of hydrogen-bond donors (Lipinski definition) is 3. The molecule has 2 aromatic rings. The minimum atomic E-state index is -4.22. The van der Waals surface area contributed by atoms with Crippen LogP contribution in [0.1, 0.15) is 24.8 Å². The quantitative estimate of drug-likeness (QED) is 0.462. The van der Waals surface area contributed by atoms with Crippen molar-refractivity contribution in [2.45, 2.75) is 42.0 Å². The molecule has 33 heavy (non-hydrogen) atoms. The second-order valence-corrected chi connectivity index (χ2v) is 11.4. The van der Waals surface area contributed by atoms with Crippen molar-refractivity contribution in [3.05, 3.63) is 54.1 Å². The van der Waals surface area contributed by atoms with E-state index >= 15 is 0 Å². The van der Waals surface area contributed by atoms with E-state index in [0.717, 1.165) is 4.31 Å². The molecular formula is C21H27N3O7S2. The molecule has 1 aliphatic rings. The predicted molar refractivity (Wildman–Crippen MR) is 123 cm³/mol. The molecule has 3 rings (SSSR count). The number of carbonyl (C=O) groups is 1. The standard InChI is InChI=1S/C21H27N3O7S2/c1-31-16-9-11-17(12-10-16)33(29,30)24-13-5-4-8-19(20(24)21(25)26)23-32(27,28)14-15-6-2-3-7-18(15)22/h2-3,6-7,9-12,19-20,23H,4-5,8,13-14,22H2,1H3,(H,25,26). The number of nitrogen functional groups attached to an aromatic ring is 1. The zero-order chi connectivity index (χ0) is 24.2. The molecule has 0 aliphatic carbocycles. The molecule has 2 aromatic carbocycles. The Morgan fingerprint density at radius 3 is 2.39 bits per heavy atom. The first kappa shape index (κ1) is 25.0. The van der Waals surface area contributed by atoms with E-state index in [9.17, 15) is 26.7 Å². The van der Waals surface area contributed by atoms with Gasteiger partial charge in [0.25, 0.3) is 0 Å². The second-order valence-electron chi connectivity index (χ2n) is 7.75. The number of nitrogens with zero attached hydrogens (tertiary/aromatic N) is 1. The molecule has 0 aromatic heterocycles. The number of sulfonamides is 2. The zero-order valence-corrected chi connectivity index (χ0v) is 19.7. The molecule has 2 atom stereocenters. The van der Waals surface area contributed by atoms with Gasteiger partial charge in [0.05, 0.1) is 17.8 Å². The van der Waals surface area contributed by atoms with Crippen LogP contribution in [0, 0.1) is 0 Å². The van der Waals surface area contributed by atoms with Gasteiger partial charge in [-0.15, -0.1) is 0 Å². The molecule has 1 fully saturated rings. The summed E-state index contributed by atoms with van der Waals surface area (Å²) >= 11 is 0. The van der Waals surface area contributed by atoms with Crippen LogP contribution in [-0.2, 0) is 30.6 Å². The molecule has 12 heteroatoms. The van der Waals surface area contributed by atoms with E-state index in [1.807, 2.05) is 0 Å².